The van der Waals surface area contributed by atoms with E-state index in [-0.39, 0.29) is 29.0 Å². The van der Waals surface area contributed by atoms with Crippen molar-refractivity contribution in [3.63, 3.8) is 0 Å². The fraction of sp³-hybridized carbons (Fsp3) is 0.720. The van der Waals surface area contributed by atoms with E-state index in [1.54, 1.807) is 0 Å². The molecule has 176 valence electrons. The molecular formula is C25H35ClN2O3S. The van der Waals surface area contributed by atoms with Gasteiger partial charge in [-0.05, 0) is 86.9 Å². The average Bonchev–Trinajstić information content (AvgIpc) is 3.09. The number of hydrogen-bond donors (Lipinski definition) is 0. The third-order valence-corrected chi connectivity index (χ3v) is 10.6. The summed E-state index contributed by atoms with van der Waals surface area (Å²) in [5, 5.41) is 0.709. The minimum atomic E-state index is -2.98. The molecule has 5 fully saturated rings. The first-order valence-corrected chi connectivity index (χ1v) is 14.4. The lowest BCUT2D eigenvalue weighted by atomic mass is 9.52. The summed E-state index contributed by atoms with van der Waals surface area (Å²) >= 11 is 6.11. The topological polar surface area (TPSA) is 57.7 Å². The first-order chi connectivity index (χ1) is 15.2. The molecule has 0 radical (unpaired) electrons. The van der Waals surface area contributed by atoms with Crippen molar-refractivity contribution in [2.45, 2.75) is 70.0 Å². The molecule has 1 aromatic carbocycles. The second-order valence-electron chi connectivity index (χ2n) is 10.9. The van der Waals surface area contributed by atoms with E-state index in [4.69, 9.17) is 11.6 Å². The summed E-state index contributed by atoms with van der Waals surface area (Å²) in [6, 6.07) is 7.83. The van der Waals surface area contributed by atoms with E-state index < -0.39 is 9.84 Å². The zero-order valence-corrected chi connectivity index (χ0v) is 20.6. The second kappa shape index (κ2) is 8.59. The van der Waals surface area contributed by atoms with Gasteiger partial charge < -0.3 is 4.90 Å². The van der Waals surface area contributed by atoms with Crippen molar-refractivity contribution >= 4 is 27.3 Å². The van der Waals surface area contributed by atoms with Gasteiger partial charge in [0.15, 0.2) is 9.84 Å². The summed E-state index contributed by atoms with van der Waals surface area (Å²) < 4.78 is 24.1. The first kappa shape index (κ1) is 22.7. The zero-order chi connectivity index (χ0) is 22.5. The molecule has 5 aliphatic rings. The molecule has 1 unspecified atom stereocenters. The Morgan fingerprint density at radius 2 is 1.66 bits per heavy atom. The standard InChI is InChI=1S/C25H35ClN2O3S/c1-2-27(23-7-8-32(30,31)17-23)16-24(29)28(15-18-3-5-22(26)6-4-18)25-12-19-9-20(13-25)11-21(10-19)14-25/h3-6,19-21,23H,2,7-17H2,1H3. The molecule has 1 aliphatic heterocycles. The monoisotopic (exact) mass is 478 g/mol. The van der Waals surface area contributed by atoms with Crippen LogP contribution in [0.4, 0.5) is 0 Å². The molecule has 6 rings (SSSR count). The maximum Gasteiger partial charge on any atom is 0.237 e. The van der Waals surface area contributed by atoms with Crippen LogP contribution in [0, 0.1) is 17.8 Å². The fourth-order valence-corrected chi connectivity index (χ4v) is 9.40. The van der Waals surface area contributed by atoms with E-state index in [0.717, 1.165) is 42.6 Å². The van der Waals surface area contributed by atoms with Gasteiger partial charge in [-0.15, -0.1) is 0 Å². The lowest BCUT2D eigenvalue weighted by Crippen LogP contribution is -2.62. The van der Waals surface area contributed by atoms with Gasteiger partial charge in [0, 0.05) is 23.1 Å². The lowest BCUT2D eigenvalue weighted by molar-refractivity contribution is -0.154. The lowest BCUT2D eigenvalue weighted by Gasteiger charge is -2.60. The molecule has 0 aromatic heterocycles. The minimum Gasteiger partial charge on any atom is -0.332 e. The minimum absolute atomic E-state index is 0.0351. The Hall–Kier alpha value is -1.11. The van der Waals surface area contributed by atoms with Gasteiger partial charge in [0.25, 0.3) is 0 Å². The zero-order valence-electron chi connectivity index (χ0n) is 19.0. The number of benzene rings is 1. The Morgan fingerprint density at radius 1 is 1.06 bits per heavy atom. The highest BCUT2D eigenvalue weighted by Crippen LogP contribution is 2.58. The van der Waals surface area contributed by atoms with E-state index >= 15 is 0 Å². The number of carbonyl (C=O) groups is 1. The van der Waals surface area contributed by atoms with Gasteiger partial charge in [-0.3, -0.25) is 9.69 Å². The molecule has 0 N–H and O–H groups in total. The maximum atomic E-state index is 13.9. The van der Waals surface area contributed by atoms with Crippen molar-refractivity contribution in [1.29, 1.82) is 0 Å². The molecule has 4 bridgehead atoms. The van der Waals surface area contributed by atoms with Crippen LogP contribution in [0.15, 0.2) is 24.3 Å². The first-order valence-electron chi connectivity index (χ1n) is 12.2. The smallest absolute Gasteiger partial charge is 0.237 e. The van der Waals surface area contributed by atoms with E-state index in [1.807, 2.05) is 31.2 Å². The second-order valence-corrected chi connectivity index (χ2v) is 13.5. The quantitative estimate of drug-likeness (QED) is 0.590. The molecule has 0 spiro atoms. The van der Waals surface area contributed by atoms with E-state index in [9.17, 15) is 13.2 Å². The molecule has 1 aromatic rings. The van der Waals surface area contributed by atoms with Crippen LogP contribution in [0.5, 0.6) is 0 Å². The van der Waals surface area contributed by atoms with Crippen molar-refractivity contribution < 1.29 is 13.2 Å². The number of nitrogens with zero attached hydrogens (tertiary/aromatic N) is 2. The third kappa shape index (κ3) is 4.47. The third-order valence-electron chi connectivity index (χ3n) is 8.60. The molecule has 1 heterocycles. The van der Waals surface area contributed by atoms with Crippen molar-refractivity contribution in [2.75, 3.05) is 24.6 Å². The van der Waals surface area contributed by atoms with Gasteiger partial charge in [0.05, 0.1) is 18.1 Å². The number of amides is 1. The number of rotatable bonds is 7. The van der Waals surface area contributed by atoms with Crippen LogP contribution >= 0.6 is 11.6 Å². The Labute approximate surface area is 197 Å². The normalized spacial score (nSPS) is 34.8. The van der Waals surface area contributed by atoms with Gasteiger partial charge >= 0.3 is 0 Å². The number of likely N-dealkylation sites (N-methyl/N-ethyl adjacent to an activating group) is 1. The molecule has 1 amide bonds. The largest absolute Gasteiger partial charge is 0.332 e. The van der Waals surface area contributed by atoms with Crippen molar-refractivity contribution in [1.82, 2.24) is 9.80 Å². The van der Waals surface area contributed by atoms with Crippen molar-refractivity contribution in [3.05, 3.63) is 34.9 Å². The Balaban J connectivity index is 1.40. The van der Waals surface area contributed by atoms with Gasteiger partial charge in [0.2, 0.25) is 5.91 Å². The molecule has 7 heteroatoms. The molecule has 5 nitrogen and oxygen atoms in total. The van der Waals surface area contributed by atoms with E-state index in [1.165, 1.54) is 19.3 Å². The summed E-state index contributed by atoms with van der Waals surface area (Å²) in [5.41, 5.74) is 1.08. The SMILES string of the molecule is CCN(CC(=O)N(Cc1ccc(Cl)cc1)C12CC3CC(CC(C3)C1)C2)C1CCS(=O)(=O)C1. The van der Waals surface area contributed by atoms with Crippen LogP contribution < -0.4 is 0 Å². The van der Waals surface area contributed by atoms with Gasteiger partial charge in [-0.1, -0.05) is 30.7 Å². The maximum absolute atomic E-state index is 13.9. The van der Waals surface area contributed by atoms with Gasteiger partial charge in [0.1, 0.15) is 0 Å². The molecule has 1 atom stereocenters. The van der Waals surface area contributed by atoms with Gasteiger partial charge in [-0.2, -0.15) is 0 Å². The Bertz CT molecular complexity index is 927. The van der Waals surface area contributed by atoms with Crippen LogP contribution in [0.25, 0.3) is 0 Å². The number of halogens is 1. The molecule has 4 aliphatic carbocycles. The Morgan fingerprint density at radius 3 is 2.16 bits per heavy atom. The molecule has 1 saturated heterocycles. The van der Waals surface area contributed by atoms with Crippen LogP contribution in [0.2, 0.25) is 5.02 Å². The van der Waals surface area contributed by atoms with Crippen LogP contribution in [0.1, 0.15) is 57.4 Å². The molecule has 32 heavy (non-hydrogen) atoms. The van der Waals surface area contributed by atoms with Crippen LogP contribution in [-0.4, -0.2) is 60.3 Å². The van der Waals surface area contributed by atoms with Crippen LogP contribution in [-0.2, 0) is 21.2 Å². The average molecular weight is 479 g/mol. The van der Waals surface area contributed by atoms with Crippen LogP contribution in [0.3, 0.4) is 0 Å². The Kier molecular flexibility index (Phi) is 6.09. The summed E-state index contributed by atoms with van der Waals surface area (Å²) in [5.74, 6) is 2.85. The van der Waals surface area contributed by atoms with Crippen molar-refractivity contribution in [3.8, 4) is 0 Å². The highest BCUT2D eigenvalue weighted by atomic mass is 35.5. The number of carbonyl (C=O) groups excluding carboxylic acids is 1. The van der Waals surface area contributed by atoms with Gasteiger partial charge in [-0.25, -0.2) is 8.42 Å². The summed E-state index contributed by atoms with van der Waals surface area (Å²) in [4.78, 5) is 18.2. The molecule has 4 saturated carbocycles. The highest BCUT2D eigenvalue weighted by Gasteiger charge is 2.54. The van der Waals surface area contributed by atoms with E-state index in [0.29, 0.717) is 31.1 Å². The summed E-state index contributed by atoms with van der Waals surface area (Å²) in [7, 11) is -2.98. The fourth-order valence-electron chi connectivity index (χ4n) is 7.51. The number of sulfone groups is 1. The van der Waals surface area contributed by atoms with Crippen molar-refractivity contribution in [2.24, 2.45) is 17.8 Å². The number of hydrogen-bond acceptors (Lipinski definition) is 4. The summed E-state index contributed by atoms with van der Waals surface area (Å²) in [6.45, 7) is 3.66. The molecular weight excluding hydrogens is 444 g/mol. The van der Waals surface area contributed by atoms with E-state index in [2.05, 4.69) is 9.80 Å². The predicted octanol–water partition coefficient (Wildman–Crippen LogP) is 4.15. The summed E-state index contributed by atoms with van der Waals surface area (Å²) in [6.07, 6.45) is 8.03. The highest BCUT2D eigenvalue weighted by molar-refractivity contribution is 7.91. The predicted molar refractivity (Wildman–Crippen MR) is 127 cm³/mol.